The van der Waals surface area contributed by atoms with Crippen LogP contribution in [0.5, 0.6) is 11.5 Å². The number of anilines is 1. The minimum absolute atomic E-state index is 0.0385. The first-order chi connectivity index (χ1) is 9.36. The van der Waals surface area contributed by atoms with Gasteiger partial charge in [-0.3, -0.25) is 0 Å². The molecule has 2 aromatic carbocycles. The van der Waals surface area contributed by atoms with Gasteiger partial charge in [0.15, 0.2) is 5.82 Å². The predicted molar refractivity (Wildman–Crippen MR) is 73.2 cm³/mol. The molecule has 0 saturated heterocycles. The molecule has 0 aromatic heterocycles. The van der Waals surface area contributed by atoms with Crippen LogP contribution in [0.3, 0.4) is 0 Å². The van der Waals surface area contributed by atoms with Crippen molar-refractivity contribution in [2.45, 2.75) is 13.0 Å². The summed E-state index contributed by atoms with van der Waals surface area (Å²) >= 11 is 5.79. The third-order valence-corrected chi connectivity index (χ3v) is 3.09. The van der Waals surface area contributed by atoms with E-state index in [4.69, 9.17) is 11.6 Å². The number of halogens is 3. The van der Waals surface area contributed by atoms with Crippen LogP contribution in [0.4, 0.5) is 14.5 Å². The van der Waals surface area contributed by atoms with Crippen molar-refractivity contribution in [1.29, 1.82) is 0 Å². The molecule has 0 aliphatic carbocycles. The van der Waals surface area contributed by atoms with Crippen LogP contribution in [0.25, 0.3) is 0 Å². The molecule has 3 nitrogen and oxygen atoms in total. The third-order valence-electron chi connectivity index (χ3n) is 2.79. The molecule has 0 fully saturated rings. The number of nitrogens with one attached hydrogen (secondary N) is 1. The molecule has 1 atom stereocenters. The summed E-state index contributed by atoms with van der Waals surface area (Å²) in [6.07, 6.45) is 0. The highest BCUT2D eigenvalue weighted by Crippen LogP contribution is 2.32. The van der Waals surface area contributed by atoms with Crippen molar-refractivity contribution in [2.75, 3.05) is 5.32 Å². The normalized spacial score (nSPS) is 12.2. The molecule has 106 valence electrons. The van der Waals surface area contributed by atoms with Crippen LogP contribution in [0.2, 0.25) is 5.02 Å². The van der Waals surface area contributed by atoms with Gasteiger partial charge in [-0.2, -0.15) is 0 Å². The Hall–Kier alpha value is -2.01. The smallest absolute Gasteiger partial charge is 0.150 e. The van der Waals surface area contributed by atoms with E-state index >= 15 is 0 Å². The zero-order valence-electron chi connectivity index (χ0n) is 10.5. The van der Waals surface area contributed by atoms with Gasteiger partial charge in [-0.1, -0.05) is 11.6 Å². The molecule has 0 radical (unpaired) electrons. The SMILES string of the molecule is CC(Nc1c(F)cc(F)cc1Cl)c1cc(O)cc(O)c1. The molecule has 0 bridgehead atoms. The number of aromatic hydroxyl groups is 2. The van der Waals surface area contributed by atoms with Gasteiger partial charge in [0.2, 0.25) is 0 Å². The molecule has 0 heterocycles. The Morgan fingerprint density at radius 1 is 1.05 bits per heavy atom. The van der Waals surface area contributed by atoms with E-state index in [-0.39, 0.29) is 22.2 Å². The molecule has 0 aliphatic heterocycles. The van der Waals surface area contributed by atoms with Gasteiger partial charge >= 0.3 is 0 Å². The second-order valence-corrected chi connectivity index (χ2v) is 4.80. The predicted octanol–water partition coefficient (Wildman–Crippen LogP) is 4.20. The maximum absolute atomic E-state index is 13.7. The van der Waals surface area contributed by atoms with Gasteiger partial charge in [-0.15, -0.1) is 0 Å². The molecular formula is C14H12ClF2NO2. The number of hydrogen-bond donors (Lipinski definition) is 3. The average molecular weight is 300 g/mol. The minimum atomic E-state index is -0.814. The third kappa shape index (κ3) is 3.11. The highest BCUT2D eigenvalue weighted by molar-refractivity contribution is 6.33. The first-order valence-electron chi connectivity index (χ1n) is 5.81. The summed E-state index contributed by atoms with van der Waals surface area (Å²) in [5.41, 5.74) is 0.491. The molecule has 0 aliphatic rings. The largest absolute Gasteiger partial charge is 0.508 e. The summed E-state index contributed by atoms with van der Waals surface area (Å²) in [6, 6.07) is 5.30. The van der Waals surface area contributed by atoms with Gasteiger partial charge in [0.25, 0.3) is 0 Å². The molecule has 20 heavy (non-hydrogen) atoms. The first-order valence-corrected chi connectivity index (χ1v) is 6.18. The van der Waals surface area contributed by atoms with E-state index in [1.807, 2.05) is 0 Å². The molecule has 3 N–H and O–H groups in total. The number of hydrogen-bond acceptors (Lipinski definition) is 3. The van der Waals surface area contributed by atoms with Crippen molar-refractivity contribution in [3.63, 3.8) is 0 Å². The van der Waals surface area contributed by atoms with Crippen molar-refractivity contribution in [1.82, 2.24) is 0 Å². The number of phenols is 2. The van der Waals surface area contributed by atoms with E-state index in [1.54, 1.807) is 6.92 Å². The lowest BCUT2D eigenvalue weighted by molar-refractivity contribution is 0.448. The summed E-state index contributed by atoms with van der Waals surface area (Å²) in [7, 11) is 0. The van der Waals surface area contributed by atoms with Gasteiger partial charge in [0, 0.05) is 18.2 Å². The Bertz CT molecular complexity index is 606. The zero-order chi connectivity index (χ0) is 14.9. The maximum atomic E-state index is 13.7. The second kappa shape index (κ2) is 5.54. The number of rotatable bonds is 3. The summed E-state index contributed by atoms with van der Waals surface area (Å²) in [4.78, 5) is 0. The van der Waals surface area contributed by atoms with Crippen LogP contribution < -0.4 is 5.32 Å². The van der Waals surface area contributed by atoms with Crippen LogP contribution >= 0.6 is 11.6 Å². The molecule has 2 aromatic rings. The van der Waals surface area contributed by atoms with Gasteiger partial charge in [0.05, 0.1) is 10.7 Å². The van der Waals surface area contributed by atoms with Crippen molar-refractivity contribution in [3.8, 4) is 11.5 Å². The summed E-state index contributed by atoms with van der Waals surface area (Å²) in [5, 5.41) is 21.5. The maximum Gasteiger partial charge on any atom is 0.150 e. The van der Waals surface area contributed by atoms with Gasteiger partial charge < -0.3 is 15.5 Å². The van der Waals surface area contributed by atoms with Crippen LogP contribution in [0.15, 0.2) is 30.3 Å². The van der Waals surface area contributed by atoms with Crippen LogP contribution in [0.1, 0.15) is 18.5 Å². The van der Waals surface area contributed by atoms with E-state index in [9.17, 15) is 19.0 Å². The molecule has 0 spiro atoms. The minimum Gasteiger partial charge on any atom is -0.508 e. The quantitative estimate of drug-likeness (QED) is 0.796. The second-order valence-electron chi connectivity index (χ2n) is 4.39. The van der Waals surface area contributed by atoms with Crippen molar-refractivity contribution in [2.24, 2.45) is 0 Å². The topological polar surface area (TPSA) is 52.5 Å². The molecule has 1 unspecified atom stereocenters. The van der Waals surface area contributed by atoms with Gasteiger partial charge in [0.1, 0.15) is 17.3 Å². The van der Waals surface area contributed by atoms with E-state index < -0.39 is 17.7 Å². The molecule has 0 saturated carbocycles. The standard InChI is InChI=1S/C14H12ClF2NO2/c1-7(8-2-10(19)6-11(20)3-8)18-14-12(15)4-9(16)5-13(14)17/h2-7,18-20H,1H3. The lowest BCUT2D eigenvalue weighted by atomic mass is 10.1. The fourth-order valence-electron chi connectivity index (χ4n) is 1.85. The Labute approximate surface area is 119 Å². The average Bonchev–Trinajstić information content (AvgIpc) is 2.32. The van der Waals surface area contributed by atoms with Crippen LogP contribution in [0, 0.1) is 11.6 Å². The van der Waals surface area contributed by atoms with Gasteiger partial charge in [-0.25, -0.2) is 8.78 Å². The molecule has 0 amide bonds. The highest BCUT2D eigenvalue weighted by atomic mass is 35.5. The van der Waals surface area contributed by atoms with Crippen LogP contribution in [-0.2, 0) is 0 Å². The molecule has 6 heteroatoms. The lowest BCUT2D eigenvalue weighted by Crippen LogP contribution is -2.08. The Kier molecular flexibility index (Phi) is 3.99. The summed E-state index contributed by atoms with van der Waals surface area (Å²) in [5.74, 6) is -1.80. The lowest BCUT2D eigenvalue weighted by Gasteiger charge is -2.18. The zero-order valence-corrected chi connectivity index (χ0v) is 11.2. The fourth-order valence-corrected chi connectivity index (χ4v) is 2.10. The molecular weight excluding hydrogens is 288 g/mol. The highest BCUT2D eigenvalue weighted by Gasteiger charge is 2.14. The first kappa shape index (κ1) is 14.4. The van der Waals surface area contributed by atoms with Gasteiger partial charge in [-0.05, 0) is 30.7 Å². The number of phenolic OH excluding ortho intramolecular Hbond substituents is 2. The van der Waals surface area contributed by atoms with E-state index in [0.29, 0.717) is 5.56 Å². The Morgan fingerprint density at radius 3 is 2.20 bits per heavy atom. The van der Waals surface area contributed by atoms with Crippen molar-refractivity contribution in [3.05, 3.63) is 52.6 Å². The summed E-state index contributed by atoms with van der Waals surface area (Å²) in [6.45, 7) is 1.69. The molecule has 2 rings (SSSR count). The fraction of sp³-hybridized carbons (Fsp3) is 0.143. The van der Waals surface area contributed by atoms with E-state index in [1.165, 1.54) is 18.2 Å². The van der Waals surface area contributed by atoms with Crippen molar-refractivity contribution < 1.29 is 19.0 Å². The number of benzene rings is 2. The van der Waals surface area contributed by atoms with E-state index in [2.05, 4.69) is 5.32 Å². The Morgan fingerprint density at radius 2 is 1.65 bits per heavy atom. The monoisotopic (exact) mass is 299 g/mol. The summed E-state index contributed by atoms with van der Waals surface area (Å²) < 4.78 is 26.6. The van der Waals surface area contributed by atoms with E-state index in [0.717, 1.165) is 12.1 Å². The van der Waals surface area contributed by atoms with Crippen LogP contribution in [-0.4, -0.2) is 10.2 Å². The Balaban J connectivity index is 2.30. The van der Waals surface area contributed by atoms with Crippen molar-refractivity contribution >= 4 is 17.3 Å².